The Morgan fingerprint density at radius 3 is 1.88 bits per heavy atom. The van der Waals surface area contributed by atoms with Gasteiger partial charge in [0.05, 0.1) is 0 Å². The monoisotopic (exact) mass is 241 g/mol. The fourth-order valence-electron chi connectivity index (χ4n) is 0.785. The molecule has 17 heavy (non-hydrogen) atoms. The average Bonchev–Trinajstić information content (AvgIpc) is 2.61. The molecule has 0 aromatic rings. The van der Waals surface area contributed by atoms with Crippen molar-refractivity contribution in [2.24, 2.45) is 0 Å². The van der Waals surface area contributed by atoms with Crippen LogP contribution in [0.5, 0.6) is 0 Å². The van der Waals surface area contributed by atoms with Gasteiger partial charge in [-0.05, 0) is 0 Å². The lowest BCUT2D eigenvalue weighted by molar-refractivity contribution is -0.193. The molecule has 2 amide bonds. The van der Waals surface area contributed by atoms with Gasteiger partial charge in [-0.1, -0.05) is 13.2 Å². The van der Waals surface area contributed by atoms with Crippen molar-refractivity contribution in [3.05, 3.63) is 25.3 Å². The maximum atomic E-state index is 10.8. The van der Waals surface area contributed by atoms with Crippen molar-refractivity contribution in [1.82, 2.24) is 5.06 Å². The van der Waals surface area contributed by atoms with Crippen LogP contribution in [0.3, 0.4) is 0 Å². The number of rotatable bonds is 3. The minimum absolute atomic E-state index is 0.100. The zero-order chi connectivity index (χ0) is 13.4. The molecule has 1 N–H and O–H groups in total. The zero-order valence-corrected chi connectivity index (χ0v) is 8.92. The minimum atomic E-state index is -0.981. The Hall–Kier alpha value is -2.44. The number of carboxylic acid groups (broad SMARTS) is 1. The molecule has 0 unspecified atom stereocenters. The Morgan fingerprint density at radius 1 is 1.18 bits per heavy atom. The summed E-state index contributed by atoms with van der Waals surface area (Å²) in [7, 11) is 0. The first kappa shape index (κ1) is 14.6. The molecule has 1 heterocycles. The van der Waals surface area contributed by atoms with E-state index in [1.807, 2.05) is 0 Å². The van der Waals surface area contributed by atoms with Crippen LogP contribution in [0.15, 0.2) is 25.3 Å². The number of aliphatic carboxylic acids is 1. The average molecular weight is 241 g/mol. The molecule has 1 rings (SSSR count). The van der Waals surface area contributed by atoms with E-state index in [1.54, 1.807) is 0 Å². The lowest BCUT2D eigenvalue weighted by Crippen LogP contribution is -2.31. The van der Waals surface area contributed by atoms with Crippen LogP contribution in [0.2, 0.25) is 0 Å². The van der Waals surface area contributed by atoms with Crippen LogP contribution in [-0.2, 0) is 24.0 Å². The predicted molar refractivity (Wildman–Crippen MR) is 55.2 cm³/mol. The van der Waals surface area contributed by atoms with Gasteiger partial charge >= 0.3 is 11.9 Å². The first-order chi connectivity index (χ1) is 7.92. The van der Waals surface area contributed by atoms with Crippen molar-refractivity contribution in [2.45, 2.75) is 12.8 Å². The van der Waals surface area contributed by atoms with Crippen molar-refractivity contribution in [3.63, 3.8) is 0 Å². The molecule has 0 saturated carbocycles. The van der Waals surface area contributed by atoms with Crippen LogP contribution in [0, 0.1) is 0 Å². The van der Waals surface area contributed by atoms with E-state index in [1.165, 1.54) is 0 Å². The van der Waals surface area contributed by atoms with Gasteiger partial charge in [0.1, 0.15) is 0 Å². The number of carbonyl (C=O) groups excluding carboxylic acids is 3. The SMILES string of the molecule is C=CC(=O)O.C=CC(=O)ON1C(=O)CCC1=O. The standard InChI is InChI=1S/C7H7NO4.C3H4O2/c1-2-7(11)12-8-5(9)3-4-6(8)10;1-2-3(4)5/h2H,1,3-4H2;2H,1H2,(H,4,5). The van der Waals surface area contributed by atoms with Gasteiger partial charge < -0.3 is 9.94 Å². The molecule has 0 aliphatic carbocycles. The van der Waals surface area contributed by atoms with E-state index in [0.717, 1.165) is 12.2 Å². The van der Waals surface area contributed by atoms with Crippen LogP contribution < -0.4 is 0 Å². The van der Waals surface area contributed by atoms with Gasteiger partial charge in [0.25, 0.3) is 11.8 Å². The zero-order valence-electron chi connectivity index (χ0n) is 8.92. The van der Waals surface area contributed by atoms with Gasteiger partial charge in [0.15, 0.2) is 0 Å². The molecule has 7 heteroatoms. The van der Waals surface area contributed by atoms with Crippen molar-refractivity contribution in [3.8, 4) is 0 Å². The summed E-state index contributed by atoms with van der Waals surface area (Å²) in [4.78, 5) is 45.8. The third kappa shape index (κ3) is 5.26. The minimum Gasteiger partial charge on any atom is -0.478 e. The van der Waals surface area contributed by atoms with Gasteiger partial charge in [-0.3, -0.25) is 9.59 Å². The fraction of sp³-hybridized carbons (Fsp3) is 0.200. The highest BCUT2D eigenvalue weighted by Gasteiger charge is 2.32. The molecule has 7 nitrogen and oxygen atoms in total. The highest BCUT2D eigenvalue weighted by Crippen LogP contribution is 2.11. The van der Waals surface area contributed by atoms with E-state index < -0.39 is 23.8 Å². The molecule has 1 aliphatic rings. The first-order valence-corrected chi connectivity index (χ1v) is 4.47. The van der Waals surface area contributed by atoms with Crippen LogP contribution in [-0.4, -0.2) is 33.9 Å². The number of carbonyl (C=O) groups is 4. The molecule has 0 aromatic heterocycles. The van der Waals surface area contributed by atoms with Crippen LogP contribution in [0.25, 0.3) is 0 Å². The second-order valence-corrected chi connectivity index (χ2v) is 2.74. The lowest BCUT2D eigenvalue weighted by atomic mass is 10.4. The van der Waals surface area contributed by atoms with Crippen LogP contribution in [0.1, 0.15) is 12.8 Å². The molecule has 92 valence electrons. The van der Waals surface area contributed by atoms with E-state index in [4.69, 9.17) is 5.11 Å². The molecule has 0 atom stereocenters. The van der Waals surface area contributed by atoms with E-state index in [-0.39, 0.29) is 12.8 Å². The molecule has 1 saturated heterocycles. The number of hydrogen-bond donors (Lipinski definition) is 1. The van der Waals surface area contributed by atoms with E-state index in [2.05, 4.69) is 18.0 Å². The second-order valence-electron chi connectivity index (χ2n) is 2.74. The molecule has 0 radical (unpaired) electrons. The first-order valence-electron chi connectivity index (χ1n) is 4.47. The maximum Gasteiger partial charge on any atom is 0.356 e. The predicted octanol–water partition coefficient (Wildman–Crippen LogP) is 0.0366. The van der Waals surface area contributed by atoms with Gasteiger partial charge in [0.2, 0.25) is 0 Å². The second kappa shape index (κ2) is 6.94. The summed E-state index contributed by atoms with van der Waals surface area (Å²) in [5.74, 6) is -2.77. The van der Waals surface area contributed by atoms with Crippen LogP contribution >= 0.6 is 0 Å². The third-order valence-electron chi connectivity index (χ3n) is 1.53. The van der Waals surface area contributed by atoms with E-state index >= 15 is 0 Å². The van der Waals surface area contributed by atoms with Gasteiger partial charge in [-0.15, -0.1) is 5.06 Å². The Labute approximate surface area is 96.9 Å². The normalized spacial score (nSPS) is 13.5. The summed E-state index contributed by atoms with van der Waals surface area (Å²) in [5.41, 5.74) is 0. The van der Waals surface area contributed by atoms with Crippen LogP contribution in [0.4, 0.5) is 0 Å². The summed E-state index contributed by atoms with van der Waals surface area (Å²) in [5, 5.41) is 8.08. The molecule has 0 spiro atoms. The fourth-order valence-corrected chi connectivity index (χ4v) is 0.785. The summed E-state index contributed by atoms with van der Waals surface area (Å²) >= 11 is 0. The Bertz CT molecular complexity index is 357. The number of amides is 2. The molecular weight excluding hydrogens is 230 g/mol. The number of nitrogens with zero attached hydrogens (tertiary/aromatic N) is 1. The van der Waals surface area contributed by atoms with Crippen molar-refractivity contribution < 1.29 is 29.1 Å². The molecule has 1 aliphatic heterocycles. The maximum absolute atomic E-state index is 10.8. The largest absolute Gasteiger partial charge is 0.478 e. The Kier molecular flexibility index (Phi) is 5.94. The van der Waals surface area contributed by atoms with E-state index in [0.29, 0.717) is 5.06 Å². The third-order valence-corrected chi connectivity index (χ3v) is 1.53. The number of hydroxylamine groups is 2. The highest BCUT2D eigenvalue weighted by atomic mass is 16.7. The topological polar surface area (TPSA) is 101 Å². The van der Waals surface area contributed by atoms with Crippen molar-refractivity contribution >= 4 is 23.8 Å². The summed E-state index contributed by atoms with van der Waals surface area (Å²) in [6, 6.07) is 0. The number of carboxylic acids is 1. The quantitative estimate of drug-likeness (QED) is 0.552. The van der Waals surface area contributed by atoms with Gasteiger partial charge in [-0.25, -0.2) is 9.59 Å². The summed E-state index contributed by atoms with van der Waals surface area (Å²) in [6.07, 6.45) is 1.92. The summed E-state index contributed by atoms with van der Waals surface area (Å²) < 4.78 is 0. The van der Waals surface area contributed by atoms with Crippen molar-refractivity contribution in [1.29, 1.82) is 0 Å². The highest BCUT2D eigenvalue weighted by molar-refractivity contribution is 6.02. The van der Waals surface area contributed by atoms with Gasteiger partial charge in [0, 0.05) is 25.0 Å². The van der Waals surface area contributed by atoms with E-state index in [9.17, 15) is 19.2 Å². The lowest BCUT2D eigenvalue weighted by Gasteiger charge is -2.09. The summed E-state index contributed by atoms with van der Waals surface area (Å²) in [6.45, 7) is 6.09. The number of imide groups is 1. The van der Waals surface area contributed by atoms with Crippen molar-refractivity contribution in [2.75, 3.05) is 0 Å². The molecule has 0 aromatic carbocycles. The molecule has 1 fully saturated rings. The number of hydrogen-bond acceptors (Lipinski definition) is 5. The smallest absolute Gasteiger partial charge is 0.356 e. The Morgan fingerprint density at radius 2 is 1.59 bits per heavy atom. The molecular formula is C10H11NO6. The van der Waals surface area contributed by atoms with Gasteiger partial charge in [-0.2, -0.15) is 0 Å². The molecule has 0 bridgehead atoms. The Balaban J connectivity index is 0.000000437.